The van der Waals surface area contributed by atoms with E-state index in [1.807, 2.05) is 18.5 Å². The minimum absolute atomic E-state index is 0. The maximum absolute atomic E-state index is 4.15. The van der Waals surface area contributed by atoms with Gasteiger partial charge >= 0.3 is 0 Å². The van der Waals surface area contributed by atoms with Gasteiger partial charge in [0.15, 0.2) is 0 Å². The van der Waals surface area contributed by atoms with Crippen molar-refractivity contribution in [1.82, 2.24) is 15.2 Å². The van der Waals surface area contributed by atoms with E-state index in [9.17, 15) is 0 Å². The van der Waals surface area contributed by atoms with Gasteiger partial charge in [0.2, 0.25) is 0 Å². The van der Waals surface area contributed by atoms with Crippen LogP contribution in [0.5, 0.6) is 0 Å². The van der Waals surface area contributed by atoms with Gasteiger partial charge in [-0.2, -0.15) is 0 Å². The molecule has 1 aromatic rings. The van der Waals surface area contributed by atoms with Crippen LogP contribution >= 0.6 is 12.4 Å². The highest BCUT2D eigenvalue weighted by atomic mass is 35.5. The Hall–Kier alpha value is -0.640. The molecule has 1 aromatic heterocycles. The summed E-state index contributed by atoms with van der Waals surface area (Å²) in [6.45, 7) is 7.94. The van der Waals surface area contributed by atoms with Crippen LogP contribution in [0.4, 0.5) is 0 Å². The maximum atomic E-state index is 4.15. The molecule has 96 valence electrons. The summed E-state index contributed by atoms with van der Waals surface area (Å²) in [7, 11) is 0. The summed E-state index contributed by atoms with van der Waals surface area (Å²) >= 11 is 0. The van der Waals surface area contributed by atoms with E-state index in [0.29, 0.717) is 12.1 Å². The van der Waals surface area contributed by atoms with Gasteiger partial charge in [0, 0.05) is 44.1 Å². The smallest absolute Gasteiger partial charge is 0.0300 e. The van der Waals surface area contributed by atoms with Gasteiger partial charge in [-0.25, -0.2) is 0 Å². The van der Waals surface area contributed by atoms with Crippen LogP contribution in [0.2, 0.25) is 0 Å². The van der Waals surface area contributed by atoms with E-state index in [0.717, 1.165) is 26.1 Å². The molecule has 0 spiro atoms. The van der Waals surface area contributed by atoms with Crippen LogP contribution in [0, 0.1) is 0 Å². The minimum Gasteiger partial charge on any atom is -0.311 e. The third-order valence-electron chi connectivity index (χ3n) is 3.30. The van der Waals surface area contributed by atoms with Crippen molar-refractivity contribution in [1.29, 1.82) is 0 Å². The van der Waals surface area contributed by atoms with E-state index in [1.54, 1.807) is 0 Å². The summed E-state index contributed by atoms with van der Waals surface area (Å²) in [4.78, 5) is 6.72. The number of halogens is 1. The second kappa shape index (κ2) is 6.94. The monoisotopic (exact) mass is 255 g/mol. The molecule has 1 fully saturated rings. The van der Waals surface area contributed by atoms with Crippen LogP contribution in [0.15, 0.2) is 24.5 Å². The van der Waals surface area contributed by atoms with Crippen LogP contribution in [-0.4, -0.2) is 41.6 Å². The molecule has 0 aromatic carbocycles. The zero-order chi connectivity index (χ0) is 11.4. The minimum atomic E-state index is 0. The fourth-order valence-electron chi connectivity index (χ4n) is 2.23. The van der Waals surface area contributed by atoms with E-state index in [4.69, 9.17) is 0 Å². The summed E-state index contributed by atoms with van der Waals surface area (Å²) in [5.74, 6) is 0. The van der Waals surface area contributed by atoms with E-state index in [1.165, 1.54) is 5.56 Å². The summed E-state index contributed by atoms with van der Waals surface area (Å²) < 4.78 is 0. The van der Waals surface area contributed by atoms with Crippen molar-refractivity contribution in [2.45, 2.75) is 32.4 Å². The molecule has 17 heavy (non-hydrogen) atoms. The van der Waals surface area contributed by atoms with Crippen molar-refractivity contribution in [2.75, 3.05) is 19.6 Å². The van der Waals surface area contributed by atoms with Gasteiger partial charge in [-0.05, 0) is 31.9 Å². The van der Waals surface area contributed by atoms with E-state index < -0.39 is 0 Å². The third kappa shape index (κ3) is 4.26. The molecule has 1 aliphatic heterocycles. The Kier molecular flexibility index (Phi) is 5.89. The molecule has 1 saturated heterocycles. The van der Waals surface area contributed by atoms with Crippen molar-refractivity contribution >= 4 is 12.4 Å². The average molecular weight is 256 g/mol. The zero-order valence-corrected chi connectivity index (χ0v) is 11.4. The lowest BCUT2D eigenvalue weighted by Crippen LogP contribution is -2.54. The van der Waals surface area contributed by atoms with Gasteiger partial charge in [-0.1, -0.05) is 6.07 Å². The fourth-order valence-corrected chi connectivity index (χ4v) is 2.23. The Morgan fingerprint density at radius 3 is 3.00 bits per heavy atom. The predicted octanol–water partition coefficient (Wildman–Crippen LogP) is 1.73. The third-order valence-corrected chi connectivity index (χ3v) is 3.30. The Labute approximate surface area is 110 Å². The van der Waals surface area contributed by atoms with E-state index in [2.05, 4.69) is 35.1 Å². The summed E-state index contributed by atoms with van der Waals surface area (Å²) in [5.41, 5.74) is 1.33. The van der Waals surface area contributed by atoms with E-state index in [-0.39, 0.29) is 12.4 Å². The Balaban J connectivity index is 0.00000144. The van der Waals surface area contributed by atoms with Crippen LogP contribution in [0.25, 0.3) is 0 Å². The number of pyridine rings is 1. The molecule has 3 nitrogen and oxygen atoms in total. The van der Waals surface area contributed by atoms with Crippen molar-refractivity contribution in [2.24, 2.45) is 0 Å². The number of nitrogens with one attached hydrogen (secondary N) is 1. The molecule has 1 N–H and O–H groups in total. The predicted molar refractivity (Wildman–Crippen MR) is 73.7 cm³/mol. The molecule has 2 atom stereocenters. The topological polar surface area (TPSA) is 28.2 Å². The second-order valence-electron chi connectivity index (χ2n) is 4.76. The van der Waals surface area contributed by atoms with Crippen molar-refractivity contribution in [3.63, 3.8) is 0 Å². The number of hydrogen-bond donors (Lipinski definition) is 1. The fraction of sp³-hybridized carbons (Fsp3) is 0.615. The average Bonchev–Trinajstić information content (AvgIpc) is 2.32. The molecule has 2 rings (SSSR count). The lowest BCUT2D eigenvalue weighted by atomic mass is 10.1. The van der Waals surface area contributed by atoms with Crippen molar-refractivity contribution in [3.8, 4) is 0 Å². The molecule has 4 heteroatoms. The largest absolute Gasteiger partial charge is 0.311 e. The van der Waals surface area contributed by atoms with Crippen LogP contribution in [0.3, 0.4) is 0 Å². The van der Waals surface area contributed by atoms with Crippen LogP contribution in [-0.2, 0) is 6.42 Å². The van der Waals surface area contributed by atoms with Gasteiger partial charge in [-0.15, -0.1) is 12.4 Å². The first-order valence-corrected chi connectivity index (χ1v) is 6.12. The highest BCUT2D eigenvalue weighted by Crippen LogP contribution is 2.08. The molecule has 2 unspecified atom stereocenters. The lowest BCUT2D eigenvalue weighted by Gasteiger charge is -2.37. The molecule has 0 radical (unpaired) electrons. The molecule has 0 saturated carbocycles. The Morgan fingerprint density at radius 1 is 1.47 bits per heavy atom. The zero-order valence-electron chi connectivity index (χ0n) is 10.6. The normalized spacial score (nSPS) is 25.3. The lowest BCUT2D eigenvalue weighted by molar-refractivity contribution is 0.148. The molecular formula is C13H22ClN3. The highest BCUT2D eigenvalue weighted by molar-refractivity contribution is 5.85. The molecule has 1 aliphatic rings. The van der Waals surface area contributed by atoms with Gasteiger partial charge < -0.3 is 5.32 Å². The standard InChI is InChI=1S/C13H21N3.ClH/c1-11-10-16(12(2)8-15-11)7-5-13-4-3-6-14-9-13;/h3-4,6,9,11-12,15H,5,7-8,10H2,1-2H3;1H. The second-order valence-corrected chi connectivity index (χ2v) is 4.76. The number of piperazine rings is 1. The van der Waals surface area contributed by atoms with Gasteiger partial charge in [-0.3, -0.25) is 9.88 Å². The number of hydrogen-bond acceptors (Lipinski definition) is 3. The van der Waals surface area contributed by atoms with Gasteiger partial charge in [0.1, 0.15) is 0 Å². The highest BCUT2D eigenvalue weighted by Gasteiger charge is 2.21. The number of rotatable bonds is 3. The first-order valence-electron chi connectivity index (χ1n) is 6.12. The van der Waals surface area contributed by atoms with Crippen LogP contribution < -0.4 is 5.32 Å². The first-order chi connectivity index (χ1) is 7.75. The summed E-state index contributed by atoms with van der Waals surface area (Å²) in [5, 5.41) is 3.51. The summed E-state index contributed by atoms with van der Waals surface area (Å²) in [6.07, 6.45) is 4.90. The first kappa shape index (κ1) is 14.4. The van der Waals surface area contributed by atoms with Gasteiger partial charge in [0.25, 0.3) is 0 Å². The van der Waals surface area contributed by atoms with E-state index >= 15 is 0 Å². The number of nitrogens with zero attached hydrogens (tertiary/aromatic N) is 2. The molecule has 0 aliphatic carbocycles. The van der Waals surface area contributed by atoms with Crippen molar-refractivity contribution in [3.05, 3.63) is 30.1 Å². The summed E-state index contributed by atoms with van der Waals surface area (Å²) in [6, 6.07) is 5.43. The Morgan fingerprint density at radius 2 is 2.29 bits per heavy atom. The Bertz CT molecular complexity index is 318. The molecule has 0 amide bonds. The molecular weight excluding hydrogens is 234 g/mol. The number of aromatic nitrogens is 1. The maximum Gasteiger partial charge on any atom is 0.0300 e. The molecule has 2 heterocycles. The van der Waals surface area contributed by atoms with Crippen molar-refractivity contribution < 1.29 is 0 Å². The van der Waals surface area contributed by atoms with Gasteiger partial charge in [0.05, 0.1) is 0 Å². The van der Waals surface area contributed by atoms with Crippen LogP contribution in [0.1, 0.15) is 19.4 Å². The SMILES string of the molecule is CC1CN(CCc2cccnc2)C(C)CN1.Cl. The molecule has 0 bridgehead atoms. The quantitative estimate of drug-likeness (QED) is 0.892.